The molecule has 7 heteroatoms. The number of amides is 2. The highest BCUT2D eigenvalue weighted by atomic mass is 16.2. The summed E-state index contributed by atoms with van der Waals surface area (Å²) in [4.78, 5) is 55.5. The molecule has 0 radical (unpaired) electrons. The molecule has 3 atom stereocenters. The molecule has 3 unspecified atom stereocenters. The predicted molar refractivity (Wildman–Crippen MR) is 117 cm³/mol. The van der Waals surface area contributed by atoms with Crippen molar-refractivity contribution in [2.45, 2.75) is 64.0 Å². The van der Waals surface area contributed by atoms with E-state index in [0.717, 1.165) is 30.2 Å². The number of H-pyrrole nitrogens is 1. The van der Waals surface area contributed by atoms with Gasteiger partial charge in [-0.2, -0.15) is 0 Å². The maximum Gasteiger partial charge on any atom is 0.270 e. The molecule has 2 aromatic rings. The zero-order valence-electron chi connectivity index (χ0n) is 17.9. The van der Waals surface area contributed by atoms with E-state index in [1.54, 1.807) is 17.9 Å². The molecule has 1 aliphatic carbocycles. The molecule has 2 N–H and O–H groups in total. The van der Waals surface area contributed by atoms with Crippen molar-refractivity contribution in [3.63, 3.8) is 0 Å². The number of hydrogen-bond donors (Lipinski definition) is 2. The SMILES string of the molecule is CCC(=O)C(CC1CCCC1=O)NC(=O)C1CCCN1C(=O)c1cc2ccccc2[nH]1. The molecule has 4 rings (SSSR count). The number of aromatic nitrogens is 1. The number of nitrogens with one attached hydrogen (secondary N) is 2. The monoisotopic (exact) mass is 423 g/mol. The number of rotatable bonds is 7. The minimum absolute atomic E-state index is 0.0699. The number of para-hydroxylation sites is 1. The molecule has 164 valence electrons. The van der Waals surface area contributed by atoms with Gasteiger partial charge >= 0.3 is 0 Å². The Balaban J connectivity index is 1.47. The second-order valence-electron chi connectivity index (χ2n) is 8.60. The first kappa shape index (κ1) is 21.3. The molecule has 2 fully saturated rings. The van der Waals surface area contributed by atoms with Crippen LogP contribution in [0.4, 0.5) is 0 Å². The second-order valence-corrected chi connectivity index (χ2v) is 8.60. The summed E-state index contributed by atoms with van der Waals surface area (Å²) < 4.78 is 0. The molecule has 1 aliphatic heterocycles. The molecular formula is C24H29N3O4. The summed E-state index contributed by atoms with van der Waals surface area (Å²) in [6, 6.07) is 8.18. The van der Waals surface area contributed by atoms with Gasteiger partial charge in [0.05, 0.1) is 6.04 Å². The van der Waals surface area contributed by atoms with Crippen molar-refractivity contribution in [2.24, 2.45) is 5.92 Å². The Morgan fingerprint density at radius 3 is 2.71 bits per heavy atom. The van der Waals surface area contributed by atoms with Crippen LogP contribution in [0.25, 0.3) is 10.9 Å². The van der Waals surface area contributed by atoms with Crippen LogP contribution in [-0.4, -0.2) is 51.9 Å². The van der Waals surface area contributed by atoms with E-state index in [4.69, 9.17) is 0 Å². The Hall–Kier alpha value is -2.96. The lowest BCUT2D eigenvalue weighted by atomic mass is 9.94. The van der Waals surface area contributed by atoms with Gasteiger partial charge in [0.25, 0.3) is 5.91 Å². The first-order valence-corrected chi connectivity index (χ1v) is 11.2. The number of Topliss-reactive ketones (excluding diaryl/α,β-unsaturated/α-hetero) is 2. The number of likely N-dealkylation sites (tertiary alicyclic amines) is 1. The van der Waals surface area contributed by atoms with Crippen LogP contribution in [0, 0.1) is 5.92 Å². The molecule has 2 heterocycles. The minimum Gasteiger partial charge on any atom is -0.351 e. The summed E-state index contributed by atoms with van der Waals surface area (Å²) in [7, 11) is 0. The number of hydrogen-bond acceptors (Lipinski definition) is 4. The molecule has 0 spiro atoms. The summed E-state index contributed by atoms with van der Waals surface area (Å²) in [5, 5.41) is 3.82. The van der Waals surface area contributed by atoms with Crippen molar-refractivity contribution in [1.29, 1.82) is 0 Å². The molecule has 1 aromatic heterocycles. The molecule has 7 nitrogen and oxygen atoms in total. The molecule has 1 saturated heterocycles. The van der Waals surface area contributed by atoms with Crippen molar-refractivity contribution in [3.8, 4) is 0 Å². The van der Waals surface area contributed by atoms with E-state index in [1.165, 1.54) is 0 Å². The van der Waals surface area contributed by atoms with E-state index in [0.29, 0.717) is 37.9 Å². The summed E-state index contributed by atoms with van der Waals surface area (Å²) in [6.07, 6.45) is 4.14. The van der Waals surface area contributed by atoms with Crippen LogP contribution in [-0.2, 0) is 14.4 Å². The van der Waals surface area contributed by atoms with Gasteiger partial charge < -0.3 is 15.2 Å². The summed E-state index contributed by atoms with van der Waals surface area (Å²) in [5.74, 6) is -0.565. The van der Waals surface area contributed by atoms with E-state index in [2.05, 4.69) is 10.3 Å². The standard InChI is InChI=1S/C24H29N3O4/c1-2-21(28)18(14-16-8-5-11-22(16)29)26-23(30)20-10-6-12-27(20)24(31)19-13-15-7-3-4-9-17(15)25-19/h3-4,7,9,13,16,18,20,25H,2,5-6,8,10-12,14H2,1H3,(H,26,30). The number of ketones is 2. The van der Waals surface area contributed by atoms with E-state index < -0.39 is 12.1 Å². The molecule has 2 aliphatic rings. The number of carbonyl (C=O) groups is 4. The maximum atomic E-state index is 13.1. The van der Waals surface area contributed by atoms with Crippen molar-refractivity contribution >= 4 is 34.3 Å². The van der Waals surface area contributed by atoms with Crippen molar-refractivity contribution in [1.82, 2.24) is 15.2 Å². The van der Waals surface area contributed by atoms with Crippen molar-refractivity contribution in [3.05, 3.63) is 36.0 Å². The van der Waals surface area contributed by atoms with Gasteiger partial charge in [-0.15, -0.1) is 0 Å². The number of aromatic amines is 1. The Labute approximate surface area is 181 Å². The van der Waals surface area contributed by atoms with E-state index in [9.17, 15) is 19.2 Å². The van der Waals surface area contributed by atoms with Gasteiger partial charge in [0.1, 0.15) is 17.5 Å². The first-order valence-electron chi connectivity index (χ1n) is 11.2. The van der Waals surface area contributed by atoms with Crippen LogP contribution < -0.4 is 5.32 Å². The van der Waals surface area contributed by atoms with E-state index in [-0.39, 0.29) is 29.3 Å². The number of nitrogens with zero attached hydrogens (tertiary/aromatic N) is 1. The normalized spacial score (nSPS) is 22.1. The largest absolute Gasteiger partial charge is 0.351 e. The first-order chi connectivity index (χ1) is 15.0. The topological polar surface area (TPSA) is 99.3 Å². The fraction of sp³-hybridized carbons (Fsp3) is 0.500. The highest BCUT2D eigenvalue weighted by Gasteiger charge is 2.37. The Bertz CT molecular complexity index is 978. The maximum absolute atomic E-state index is 13.1. The van der Waals surface area contributed by atoms with Crippen LogP contribution in [0.5, 0.6) is 0 Å². The van der Waals surface area contributed by atoms with Gasteiger partial charge in [-0.25, -0.2) is 0 Å². The van der Waals surface area contributed by atoms with Crippen LogP contribution in [0.15, 0.2) is 30.3 Å². The summed E-state index contributed by atoms with van der Waals surface area (Å²) in [6.45, 7) is 2.26. The average molecular weight is 424 g/mol. The van der Waals surface area contributed by atoms with Gasteiger partial charge in [-0.05, 0) is 44.2 Å². The second kappa shape index (κ2) is 9.04. The third-order valence-electron chi connectivity index (χ3n) is 6.58. The minimum atomic E-state index is -0.671. The highest BCUT2D eigenvalue weighted by Crippen LogP contribution is 2.27. The number of fused-ring (bicyclic) bond motifs is 1. The van der Waals surface area contributed by atoms with Gasteiger partial charge in [0.15, 0.2) is 5.78 Å². The number of benzene rings is 1. The van der Waals surface area contributed by atoms with Crippen molar-refractivity contribution in [2.75, 3.05) is 6.54 Å². The lowest BCUT2D eigenvalue weighted by Crippen LogP contribution is -2.51. The smallest absolute Gasteiger partial charge is 0.270 e. The van der Waals surface area contributed by atoms with Crippen molar-refractivity contribution < 1.29 is 19.2 Å². The zero-order chi connectivity index (χ0) is 22.0. The van der Waals surface area contributed by atoms with Crippen LogP contribution >= 0.6 is 0 Å². The molecule has 1 saturated carbocycles. The zero-order valence-corrected chi connectivity index (χ0v) is 17.9. The van der Waals surface area contributed by atoms with Crippen LogP contribution in [0.1, 0.15) is 62.4 Å². The fourth-order valence-electron chi connectivity index (χ4n) is 4.83. The lowest BCUT2D eigenvalue weighted by molar-refractivity contribution is -0.131. The molecule has 0 bridgehead atoms. The van der Waals surface area contributed by atoms with E-state index >= 15 is 0 Å². The van der Waals surface area contributed by atoms with Gasteiger partial charge in [0.2, 0.25) is 5.91 Å². The predicted octanol–water partition coefficient (Wildman–Crippen LogP) is 3.00. The third-order valence-corrected chi connectivity index (χ3v) is 6.58. The van der Waals surface area contributed by atoms with Gasteiger partial charge in [-0.3, -0.25) is 19.2 Å². The molecule has 2 amide bonds. The lowest BCUT2D eigenvalue weighted by Gasteiger charge is -2.26. The Morgan fingerprint density at radius 2 is 2.00 bits per heavy atom. The fourth-order valence-corrected chi connectivity index (χ4v) is 4.83. The average Bonchev–Trinajstić information content (AvgIpc) is 3.51. The van der Waals surface area contributed by atoms with Crippen LogP contribution in [0.3, 0.4) is 0 Å². The van der Waals surface area contributed by atoms with E-state index in [1.807, 2.05) is 24.3 Å². The molecule has 1 aromatic carbocycles. The summed E-state index contributed by atoms with van der Waals surface area (Å²) in [5.41, 5.74) is 1.33. The summed E-state index contributed by atoms with van der Waals surface area (Å²) >= 11 is 0. The van der Waals surface area contributed by atoms with Gasteiger partial charge in [-0.1, -0.05) is 25.1 Å². The molecular weight excluding hydrogens is 394 g/mol. The number of carbonyl (C=O) groups excluding carboxylic acids is 4. The Morgan fingerprint density at radius 1 is 1.19 bits per heavy atom. The van der Waals surface area contributed by atoms with Gasteiger partial charge in [0, 0.05) is 36.2 Å². The Kier molecular flexibility index (Phi) is 6.20. The van der Waals surface area contributed by atoms with Crippen LogP contribution in [0.2, 0.25) is 0 Å². The quantitative estimate of drug-likeness (QED) is 0.715. The molecule has 31 heavy (non-hydrogen) atoms. The highest BCUT2D eigenvalue weighted by molar-refractivity contribution is 6.01. The third kappa shape index (κ3) is 4.40.